The van der Waals surface area contributed by atoms with Crippen LogP contribution in [0.4, 0.5) is 5.69 Å². The van der Waals surface area contributed by atoms with E-state index < -0.39 is 6.04 Å². The van der Waals surface area contributed by atoms with E-state index in [4.69, 9.17) is 5.73 Å². The molecule has 94 valence electrons. The first-order valence-corrected chi connectivity index (χ1v) is 7.01. The van der Waals surface area contributed by atoms with Crippen molar-refractivity contribution in [2.75, 3.05) is 11.6 Å². The fourth-order valence-electron chi connectivity index (χ4n) is 1.44. The highest BCUT2D eigenvalue weighted by atomic mass is 32.2. The number of thioether (sulfide) groups is 1. The third kappa shape index (κ3) is 4.06. The number of amides is 1. The predicted molar refractivity (Wildman–Crippen MR) is 74.3 cm³/mol. The maximum absolute atomic E-state index is 11.9. The molecular formula is C13H20N2OS. The number of rotatable bonds is 5. The van der Waals surface area contributed by atoms with Crippen LogP contribution in [0.25, 0.3) is 0 Å². The van der Waals surface area contributed by atoms with Crippen LogP contribution in [0.2, 0.25) is 0 Å². The molecule has 0 aromatic heterocycles. The molecule has 0 fully saturated rings. The lowest BCUT2D eigenvalue weighted by Crippen LogP contribution is -2.40. The normalized spacial score (nSPS) is 14.1. The average Bonchev–Trinajstić information content (AvgIpc) is 2.37. The standard InChI is InChI=1S/C13H20N2OS/c1-4-9(2)12(14)13(16)15-10-6-5-7-11(8-10)17-3/h5-9,12H,4,14H2,1-3H3,(H,15,16)/t9-,12-/m0/s1. The van der Waals surface area contributed by atoms with Crippen molar-refractivity contribution in [1.29, 1.82) is 0 Å². The molecule has 0 unspecified atom stereocenters. The van der Waals surface area contributed by atoms with Gasteiger partial charge in [0.25, 0.3) is 0 Å². The van der Waals surface area contributed by atoms with Crippen LogP contribution in [-0.2, 0) is 4.79 Å². The van der Waals surface area contributed by atoms with Gasteiger partial charge in [-0.2, -0.15) is 0 Å². The molecule has 0 aliphatic heterocycles. The van der Waals surface area contributed by atoms with Gasteiger partial charge in [-0.3, -0.25) is 4.79 Å². The monoisotopic (exact) mass is 252 g/mol. The van der Waals surface area contributed by atoms with E-state index in [9.17, 15) is 4.79 Å². The summed E-state index contributed by atoms with van der Waals surface area (Å²) in [5.74, 6) is 0.0799. The molecule has 3 N–H and O–H groups in total. The van der Waals surface area contributed by atoms with Crippen LogP contribution in [0.1, 0.15) is 20.3 Å². The van der Waals surface area contributed by atoms with Crippen molar-refractivity contribution in [3.05, 3.63) is 24.3 Å². The molecule has 2 atom stereocenters. The second kappa shape index (κ2) is 6.67. The van der Waals surface area contributed by atoms with E-state index in [0.29, 0.717) is 0 Å². The minimum absolute atomic E-state index is 0.113. The van der Waals surface area contributed by atoms with Gasteiger partial charge in [-0.15, -0.1) is 11.8 Å². The maximum Gasteiger partial charge on any atom is 0.241 e. The second-order valence-corrected chi connectivity index (χ2v) is 5.01. The van der Waals surface area contributed by atoms with E-state index in [1.165, 1.54) is 0 Å². The van der Waals surface area contributed by atoms with E-state index in [1.54, 1.807) is 11.8 Å². The van der Waals surface area contributed by atoms with Crippen molar-refractivity contribution in [2.24, 2.45) is 11.7 Å². The maximum atomic E-state index is 11.9. The molecule has 3 nitrogen and oxygen atoms in total. The Morgan fingerprint density at radius 2 is 2.24 bits per heavy atom. The minimum Gasteiger partial charge on any atom is -0.325 e. The minimum atomic E-state index is -0.446. The first kappa shape index (κ1) is 14.1. The van der Waals surface area contributed by atoms with Crippen molar-refractivity contribution in [1.82, 2.24) is 0 Å². The number of nitrogens with two attached hydrogens (primary N) is 1. The fourth-order valence-corrected chi connectivity index (χ4v) is 1.90. The average molecular weight is 252 g/mol. The van der Waals surface area contributed by atoms with Crippen LogP contribution < -0.4 is 11.1 Å². The van der Waals surface area contributed by atoms with Crippen LogP contribution in [0, 0.1) is 5.92 Å². The van der Waals surface area contributed by atoms with Crippen molar-refractivity contribution in [3.63, 3.8) is 0 Å². The topological polar surface area (TPSA) is 55.1 Å². The largest absolute Gasteiger partial charge is 0.325 e. The molecule has 1 rings (SSSR count). The van der Waals surface area contributed by atoms with E-state index in [1.807, 2.05) is 44.4 Å². The number of carbonyl (C=O) groups is 1. The lowest BCUT2D eigenvalue weighted by Gasteiger charge is -2.17. The van der Waals surface area contributed by atoms with E-state index in [0.717, 1.165) is 17.0 Å². The van der Waals surface area contributed by atoms with Crippen LogP contribution in [0.15, 0.2) is 29.2 Å². The Labute approximate surface area is 107 Å². The Hall–Kier alpha value is -1.00. The fraction of sp³-hybridized carbons (Fsp3) is 0.462. The van der Waals surface area contributed by atoms with Gasteiger partial charge in [-0.25, -0.2) is 0 Å². The molecule has 17 heavy (non-hydrogen) atoms. The van der Waals surface area contributed by atoms with Gasteiger partial charge in [0.1, 0.15) is 0 Å². The molecule has 0 saturated carbocycles. The van der Waals surface area contributed by atoms with E-state index >= 15 is 0 Å². The molecule has 1 aromatic carbocycles. The van der Waals surface area contributed by atoms with Crippen molar-refractivity contribution < 1.29 is 4.79 Å². The Kier molecular flexibility index (Phi) is 5.51. The Morgan fingerprint density at radius 3 is 2.82 bits per heavy atom. The zero-order valence-corrected chi connectivity index (χ0v) is 11.4. The summed E-state index contributed by atoms with van der Waals surface area (Å²) in [6, 6.07) is 7.32. The molecule has 1 aromatic rings. The summed E-state index contributed by atoms with van der Waals surface area (Å²) in [4.78, 5) is 13.0. The van der Waals surface area contributed by atoms with Gasteiger partial charge >= 0.3 is 0 Å². The van der Waals surface area contributed by atoms with Crippen LogP contribution >= 0.6 is 11.8 Å². The molecule has 0 saturated heterocycles. The third-order valence-electron chi connectivity index (χ3n) is 2.90. The SMILES string of the molecule is CC[C@H](C)[C@H](N)C(=O)Nc1cccc(SC)c1. The predicted octanol–water partition coefficient (Wildman–Crippen LogP) is 2.72. The summed E-state index contributed by atoms with van der Waals surface area (Å²) in [5, 5.41) is 2.85. The molecule has 0 heterocycles. The van der Waals surface area contributed by atoms with Crippen molar-refractivity contribution in [2.45, 2.75) is 31.2 Å². The first-order chi connectivity index (χ1) is 8.08. The Balaban J connectivity index is 2.67. The summed E-state index contributed by atoms with van der Waals surface area (Å²) in [6.45, 7) is 4.02. The molecule has 0 spiro atoms. The zero-order valence-electron chi connectivity index (χ0n) is 10.6. The Bertz CT molecular complexity index is 381. The van der Waals surface area contributed by atoms with Gasteiger partial charge in [0.05, 0.1) is 6.04 Å². The molecule has 0 aliphatic carbocycles. The summed E-state index contributed by atoms with van der Waals surface area (Å²) in [7, 11) is 0. The highest BCUT2D eigenvalue weighted by Gasteiger charge is 2.19. The highest BCUT2D eigenvalue weighted by Crippen LogP contribution is 2.19. The molecule has 4 heteroatoms. The van der Waals surface area contributed by atoms with Crippen LogP contribution in [-0.4, -0.2) is 18.2 Å². The molecule has 1 amide bonds. The third-order valence-corrected chi connectivity index (χ3v) is 3.62. The van der Waals surface area contributed by atoms with Gasteiger partial charge in [0.2, 0.25) is 5.91 Å². The van der Waals surface area contributed by atoms with Gasteiger partial charge in [0.15, 0.2) is 0 Å². The number of benzene rings is 1. The summed E-state index contributed by atoms with van der Waals surface area (Å²) in [6.07, 6.45) is 2.91. The smallest absolute Gasteiger partial charge is 0.241 e. The number of hydrogen-bond donors (Lipinski definition) is 2. The molecule has 0 bridgehead atoms. The lowest BCUT2D eigenvalue weighted by molar-refractivity contribution is -0.118. The Morgan fingerprint density at radius 1 is 1.53 bits per heavy atom. The van der Waals surface area contributed by atoms with Crippen molar-refractivity contribution in [3.8, 4) is 0 Å². The van der Waals surface area contributed by atoms with E-state index in [2.05, 4.69) is 5.32 Å². The molecule has 0 aliphatic rings. The van der Waals surface area contributed by atoms with Crippen LogP contribution in [0.5, 0.6) is 0 Å². The number of nitrogens with one attached hydrogen (secondary N) is 1. The van der Waals surface area contributed by atoms with Crippen LogP contribution in [0.3, 0.4) is 0 Å². The number of carbonyl (C=O) groups excluding carboxylic acids is 1. The summed E-state index contributed by atoms with van der Waals surface area (Å²) in [5.41, 5.74) is 6.68. The van der Waals surface area contributed by atoms with Gasteiger partial charge in [-0.1, -0.05) is 26.3 Å². The summed E-state index contributed by atoms with van der Waals surface area (Å²) >= 11 is 1.65. The quantitative estimate of drug-likeness (QED) is 0.792. The van der Waals surface area contributed by atoms with Crippen molar-refractivity contribution >= 4 is 23.4 Å². The van der Waals surface area contributed by atoms with Gasteiger partial charge in [0, 0.05) is 10.6 Å². The zero-order chi connectivity index (χ0) is 12.8. The van der Waals surface area contributed by atoms with E-state index in [-0.39, 0.29) is 11.8 Å². The molecular weight excluding hydrogens is 232 g/mol. The number of anilines is 1. The van der Waals surface area contributed by atoms with Gasteiger partial charge < -0.3 is 11.1 Å². The number of hydrogen-bond acceptors (Lipinski definition) is 3. The van der Waals surface area contributed by atoms with Gasteiger partial charge in [-0.05, 0) is 30.4 Å². The lowest BCUT2D eigenvalue weighted by atomic mass is 9.99. The second-order valence-electron chi connectivity index (χ2n) is 4.13. The first-order valence-electron chi connectivity index (χ1n) is 5.79. The highest BCUT2D eigenvalue weighted by molar-refractivity contribution is 7.98. The summed E-state index contributed by atoms with van der Waals surface area (Å²) < 4.78 is 0. The molecule has 0 radical (unpaired) electrons.